The van der Waals surface area contributed by atoms with Crippen molar-refractivity contribution in [3.63, 3.8) is 0 Å². The molecule has 0 atom stereocenters. The SMILES string of the molecule is CS(=O)(=O)c1ccccc1NCCCc1ncc[nH]1. The maximum absolute atomic E-state index is 11.6. The predicted octanol–water partition coefficient (Wildman–Crippen LogP) is 1.86. The lowest BCUT2D eigenvalue weighted by atomic mass is 10.2. The number of imidazole rings is 1. The lowest BCUT2D eigenvalue weighted by Crippen LogP contribution is -2.08. The second kappa shape index (κ2) is 5.88. The van der Waals surface area contributed by atoms with Gasteiger partial charge in [-0.15, -0.1) is 0 Å². The minimum atomic E-state index is -3.19. The quantitative estimate of drug-likeness (QED) is 0.791. The summed E-state index contributed by atoms with van der Waals surface area (Å²) in [5.74, 6) is 0.943. The molecule has 102 valence electrons. The van der Waals surface area contributed by atoms with Crippen LogP contribution < -0.4 is 5.32 Å². The number of nitrogens with one attached hydrogen (secondary N) is 2. The lowest BCUT2D eigenvalue weighted by Gasteiger charge is -2.10. The first-order valence-corrected chi connectivity index (χ1v) is 7.98. The Hall–Kier alpha value is -1.82. The fraction of sp³-hybridized carbons (Fsp3) is 0.308. The number of H-pyrrole nitrogens is 1. The Morgan fingerprint density at radius 3 is 2.79 bits per heavy atom. The van der Waals surface area contributed by atoms with E-state index >= 15 is 0 Å². The van der Waals surface area contributed by atoms with Crippen molar-refractivity contribution in [1.82, 2.24) is 9.97 Å². The predicted molar refractivity (Wildman–Crippen MR) is 75.0 cm³/mol. The van der Waals surface area contributed by atoms with E-state index in [1.54, 1.807) is 30.6 Å². The zero-order chi connectivity index (χ0) is 13.7. The molecule has 0 amide bonds. The summed E-state index contributed by atoms with van der Waals surface area (Å²) in [7, 11) is -3.19. The van der Waals surface area contributed by atoms with Gasteiger partial charge in [0.15, 0.2) is 9.84 Å². The maximum atomic E-state index is 11.6. The van der Waals surface area contributed by atoms with Crippen LogP contribution in [0.3, 0.4) is 0 Å². The second-order valence-electron chi connectivity index (χ2n) is 4.33. The minimum Gasteiger partial charge on any atom is -0.384 e. The summed E-state index contributed by atoms with van der Waals surface area (Å²) in [6, 6.07) is 6.95. The van der Waals surface area contributed by atoms with Crippen LogP contribution >= 0.6 is 0 Å². The van der Waals surface area contributed by atoms with Crippen LogP contribution in [0.5, 0.6) is 0 Å². The molecule has 19 heavy (non-hydrogen) atoms. The molecule has 0 saturated carbocycles. The first-order valence-electron chi connectivity index (χ1n) is 6.08. The van der Waals surface area contributed by atoms with Crippen LogP contribution in [0, 0.1) is 0 Å². The molecule has 0 aliphatic rings. The lowest BCUT2D eigenvalue weighted by molar-refractivity contribution is 0.602. The third kappa shape index (κ3) is 3.82. The van der Waals surface area contributed by atoms with Crippen molar-refractivity contribution in [1.29, 1.82) is 0 Å². The maximum Gasteiger partial charge on any atom is 0.177 e. The number of benzene rings is 1. The monoisotopic (exact) mass is 279 g/mol. The molecule has 1 aromatic heterocycles. The van der Waals surface area contributed by atoms with E-state index in [4.69, 9.17) is 0 Å². The number of nitrogens with zero attached hydrogens (tertiary/aromatic N) is 1. The van der Waals surface area contributed by atoms with Crippen molar-refractivity contribution < 1.29 is 8.42 Å². The van der Waals surface area contributed by atoms with Crippen molar-refractivity contribution in [2.45, 2.75) is 17.7 Å². The topological polar surface area (TPSA) is 74.8 Å². The molecule has 0 unspecified atom stereocenters. The summed E-state index contributed by atoms with van der Waals surface area (Å²) in [6.07, 6.45) is 6.45. The van der Waals surface area contributed by atoms with Crippen molar-refractivity contribution in [3.8, 4) is 0 Å². The van der Waals surface area contributed by atoms with Gasteiger partial charge in [0.25, 0.3) is 0 Å². The zero-order valence-corrected chi connectivity index (χ0v) is 11.6. The number of sulfone groups is 1. The van der Waals surface area contributed by atoms with E-state index in [0.717, 1.165) is 18.7 Å². The van der Waals surface area contributed by atoms with E-state index in [-0.39, 0.29) is 0 Å². The van der Waals surface area contributed by atoms with Crippen LogP contribution in [0.1, 0.15) is 12.2 Å². The van der Waals surface area contributed by atoms with Gasteiger partial charge >= 0.3 is 0 Å². The Balaban J connectivity index is 1.93. The smallest absolute Gasteiger partial charge is 0.177 e. The average molecular weight is 279 g/mol. The number of aromatic nitrogens is 2. The van der Waals surface area contributed by atoms with Crippen molar-refractivity contribution in [2.24, 2.45) is 0 Å². The Bertz CT molecular complexity index is 621. The summed E-state index contributed by atoms with van der Waals surface area (Å²) in [5, 5.41) is 3.16. The first kappa shape index (κ1) is 13.6. The molecule has 0 saturated heterocycles. The second-order valence-corrected chi connectivity index (χ2v) is 6.32. The molecule has 0 fully saturated rings. The number of aryl methyl sites for hydroxylation is 1. The van der Waals surface area contributed by atoms with Crippen molar-refractivity contribution in [2.75, 3.05) is 18.1 Å². The molecule has 5 nitrogen and oxygen atoms in total. The van der Waals surface area contributed by atoms with Gasteiger partial charge in [-0.3, -0.25) is 0 Å². The van der Waals surface area contributed by atoms with E-state index in [0.29, 0.717) is 17.1 Å². The van der Waals surface area contributed by atoms with Crippen LogP contribution in [-0.4, -0.2) is 31.2 Å². The standard InChI is InChI=1S/C13H17N3O2S/c1-19(17,18)12-6-3-2-5-11(12)14-8-4-7-13-15-9-10-16-13/h2-3,5-6,9-10,14H,4,7-8H2,1H3,(H,15,16). The van der Waals surface area contributed by atoms with Gasteiger partial charge in [0.05, 0.1) is 10.6 Å². The van der Waals surface area contributed by atoms with E-state index in [2.05, 4.69) is 15.3 Å². The normalized spacial score (nSPS) is 11.4. The zero-order valence-electron chi connectivity index (χ0n) is 10.8. The van der Waals surface area contributed by atoms with Gasteiger partial charge in [0, 0.05) is 31.6 Å². The number of para-hydroxylation sites is 1. The molecule has 6 heteroatoms. The van der Waals surface area contributed by atoms with Gasteiger partial charge in [-0.05, 0) is 18.6 Å². The third-order valence-electron chi connectivity index (χ3n) is 2.75. The molecule has 0 radical (unpaired) electrons. The van der Waals surface area contributed by atoms with Crippen LogP contribution in [0.25, 0.3) is 0 Å². The highest BCUT2D eigenvalue weighted by molar-refractivity contribution is 7.90. The fourth-order valence-corrected chi connectivity index (χ4v) is 2.72. The molecule has 2 N–H and O–H groups in total. The van der Waals surface area contributed by atoms with Gasteiger partial charge in [-0.2, -0.15) is 0 Å². The number of hydrogen-bond acceptors (Lipinski definition) is 4. The summed E-state index contributed by atoms with van der Waals surface area (Å²) >= 11 is 0. The molecule has 2 rings (SSSR count). The van der Waals surface area contributed by atoms with Gasteiger partial charge < -0.3 is 10.3 Å². The van der Waals surface area contributed by atoms with Crippen LogP contribution in [0.15, 0.2) is 41.6 Å². The molecule has 0 bridgehead atoms. The third-order valence-corrected chi connectivity index (χ3v) is 3.90. The number of hydrogen-bond donors (Lipinski definition) is 2. The van der Waals surface area contributed by atoms with Gasteiger partial charge in [-0.25, -0.2) is 13.4 Å². The molecule has 1 aromatic carbocycles. The molecule has 0 aliphatic heterocycles. The van der Waals surface area contributed by atoms with Crippen molar-refractivity contribution >= 4 is 15.5 Å². The van der Waals surface area contributed by atoms with Crippen LogP contribution in [0.2, 0.25) is 0 Å². The van der Waals surface area contributed by atoms with Crippen molar-refractivity contribution in [3.05, 3.63) is 42.5 Å². The summed E-state index contributed by atoms with van der Waals surface area (Å²) in [6.45, 7) is 0.702. The Kier molecular flexibility index (Phi) is 4.21. The minimum absolute atomic E-state index is 0.341. The highest BCUT2D eigenvalue weighted by Gasteiger charge is 2.11. The van der Waals surface area contributed by atoms with E-state index in [1.807, 2.05) is 6.07 Å². The van der Waals surface area contributed by atoms with Crippen LogP contribution in [-0.2, 0) is 16.3 Å². The molecule has 1 heterocycles. The summed E-state index contributed by atoms with van der Waals surface area (Å²) < 4.78 is 23.2. The molecule has 0 spiro atoms. The van der Waals surface area contributed by atoms with E-state index < -0.39 is 9.84 Å². The van der Waals surface area contributed by atoms with Gasteiger partial charge in [0.1, 0.15) is 5.82 Å². The Morgan fingerprint density at radius 1 is 1.32 bits per heavy atom. The Labute approximate surface area is 113 Å². The van der Waals surface area contributed by atoms with Crippen LogP contribution in [0.4, 0.5) is 5.69 Å². The van der Waals surface area contributed by atoms with E-state index in [9.17, 15) is 8.42 Å². The molecular weight excluding hydrogens is 262 g/mol. The first-order chi connectivity index (χ1) is 9.07. The molecular formula is C13H17N3O2S. The largest absolute Gasteiger partial charge is 0.384 e. The highest BCUT2D eigenvalue weighted by atomic mass is 32.2. The number of rotatable bonds is 6. The average Bonchev–Trinajstić information content (AvgIpc) is 2.87. The summed E-state index contributed by atoms with van der Waals surface area (Å²) in [4.78, 5) is 7.52. The molecule has 2 aromatic rings. The van der Waals surface area contributed by atoms with Gasteiger partial charge in [0.2, 0.25) is 0 Å². The van der Waals surface area contributed by atoms with E-state index in [1.165, 1.54) is 6.26 Å². The highest BCUT2D eigenvalue weighted by Crippen LogP contribution is 2.20. The number of aromatic amines is 1. The molecule has 0 aliphatic carbocycles. The Morgan fingerprint density at radius 2 is 2.11 bits per heavy atom. The fourth-order valence-electron chi connectivity index (χ4n) is 1.85. The summed E-state index contributed by atoms with van der Waals surface area (Å²) in [5.41, 5.74) is 0.657. The number of anilines is 1. The van der Waals surface area contributed by atoms with Gasteiger partial charge in [-0.1, -0.05) is 12.1 Å².